The zero-order chi connectivity index (χ0) is 19.7. The molecule has 6 nitrogen and oxygen atoms in total. The van der Waals surface area contributed by atoms with Crippen molar-refractivity contribution >= 4 is 21.6 Å². The van der Waals surface area contributed by atoms with E-state index in [1.807, 2.05) is 13.8 Å². The number of aromatic nitrogens is 2. The standard InChI is InChI=1S/C19H24N4O2S2/c1-4-9-20-19(13-27(24,25)17-7-5-15(2)6-8-17)21-10-11-26-12-18-16(3)22-14-23-18/h1,5-8,13-14,20-21H,9-12H2,2-3H3,(H,22,23)/b19-13-. The average molecular weight is 405 g/mol. The minimum absolute atomic E-state index is 0.239. The van der Waals surface area contributed by atoms with Crippen LogP contribution in [-0.2, 0) is 15.6 Å². The van der Waals surface area contributed by atoms with Crippen molar-refractivity contribution < 1.29 is 8.42 Å². The summed E-state index contributed by atoms with van der Waals surface area (Å²) in [6.07, 6.45) is 6.97. The van der Waals surface area contributed by atoms with Crippen LogP contribution in [-0.4, -0.2) is 37.2 Å². The molecule has 144 valence electrons. The molecule has 0 radical (unpaired) electrons. The minimum Gasteiger partial charge on any atom is -0.370 e. The molecule has 27 heavy (non-hydrogen) atoms. The maximum atomic E-state index is 12.6. The number of benzene rings is 1. The Morgan fingerprint density at radius 1 is 1.30 bits per heavy atom. The van der Waals surface area contributed by atoms with Crippen molar-refractivity contribution in [1.29, 1.82) is 0 Å². The first-order valence-electron chi connectivity index (χ1n) is 8.43. The molecule has 0 saturated heterocycles. The molecule has 1 aromatic heterocycles. The number of hydrogen-bond acceptors (Lipinski definition) is 6. The minimum atomic E-state index is -3.57. The third-order valence-electron chi connectivity index (χ3n) is 3.75. The van der Waals surface area contributed by atoms with Gasteiger partial charge in [-0.3, -0.25) is 0 Å². The van der Waals surface area contributed by atoms with Gasteiger partial charge in [0, 0.05) is 23.7 Å². The summed E-state index contributed by atoms with van der Waals surface area (Å²) in [4.78, 5) is 7.52. The molecule has 0 aliphatic rings. The molecule has 0 bridgehead atoms. The maximum Gasteiger partial charge on any atom is 0.203 e. The van der Waals surface area contributed by atoms with Crippen molar-refractivity contribution in [2.45, 2.75) is 24.5 Å². The van der Waals surface area contributed by atoms with E-state index in [1.165, 1.54) is 5.41 Å². The van der Waals surface area contributed by atoms with Crippen LogP contribution in [0.15, 0.2) is 46.7 Å². The summed E-state index contributed by atoms with van der Waals surface area (Å²) in [5.74, 6) is 4.48. The number of rotatable bonds is 10. The number of sulfone groups is 1. The van der Waals surface area contributed by atoms with E-state index in [9.17, 15) is 8.42 Å². The smallest absolute Gasteiger partial charge is 0.203 e. The first kappa shape index (κ1) is 20.9. The molecule has 0 amide bonds. The van der Waals surface area contributed by atoms with Gasteiger partial charge in [-0.1, -0.05) is 23.6 Å². The van der Waals surface area contributed by atoms with Gasteiger partial charge in [0.1, 0.15) is 5.82 Å². The van der Waals surface area contributed by atoms with Crippen LogP contribution in [0.5, 0.6) is 0 Å². The lowest BCUT2D eigenvalue weighted by molar-refractivity contribution is 0.603. The number of imidazole rings is 1. The van der Waals surface area contributed by atoms with E-state index < -0.39 is 9.84 Å². The monoisotopic (exact) mass is 404 g/mol. The fraction of sp³-hybridized carbons (Fsp3) is 0.316. The highest BCUT2D eigenvalue weighted by atomic mass is 32.2. The normalized spacial score (nSPS) is 11.8. The number of hydrogen-bond donors (Lipinski definition) is 3. The van der Waals surface area contributed by atoms with Crippen LogP contribution in [0, 0.1) is 26.2 Å². The summed E-state index contributed by atoms with van der Waals surface area (Å²) in [6.45, 7) is 4.72. The number of nitrogens with zero attached hydrogens (tertiary/aromatic N) is 1. The van der Waals surface area contributed by atoms with Gasteiger partial charge in [-0.15, -0.1) is 6.42 Å². The van der Waals surface area contributed by atoms with Crippen molar-refractivity contribution in [3.63, 3.8) is 0 Å². The second-order valence-corrected chi connectivity index (χ2v) is 8.80. The van der Waals surface area contributed by atoms with E-state index in [2.05, 4.69) is 26.5 Å². The van der Waals surface area contributed by atoms with Crippen LogP contribution in [0.4, 0.5) is 0 Å². The number of aryl methyl sites for hydroxylation is 2. The first-order valence-corrected chi connectivity index (χ1v) is 11.1. The van der Waals surface area contributed by atoms with Crippen LogP contribution >= 0.6 is 11.8 Å². The Balaban J connectivity index is 1.95. The Bertz CT molecular complexity index is 910. The zero-order valence-electron chi connectivity index (χ0n) is 15.5. The van der Waals surface area contributed by atoms with Gasteiger partial charge >= 0.3 is 0 Å². The van der Waals surface area contributed by atoms with Crippen molar-refractivity contribution in [3.05, 3.63) is 58.8 Å². The average Bonchev–Trinajstić information content (AvgIpc) is 3.04. The number of terminal acetylenes is 1. The molecule has 3 N–H and O–H groups in total. The lowest BCUT2D eigenvalue weighted by Gasteiger charge is -2.12. The maximum absolute atomic E-state index is 12.6. The Labute approximate surface area is 165 Å². The van der Waals surface area contributed by atoms with Crippen molar-refractivity contribution in [2.24, 2.45) is 0 Å². The molecular weight excluding hydrogens is 380 g/mol. The van der Waals surface area contributed by atoms with Gasteiger partial charge in [0.25, 0.3) is 0 Å². The van der Waals surface area contributed by atoms with E-state index in [0.29, 0.717) is 12.4 Å². The predicted octanol–water partition coefficient (Wildman–Crippen LogP) is 2.34. The predicted molar refractivity (Wildman–Crippen MR) is 111 cm³/mol. The highest BCUT2D eigenvalue weighted by molar-refractivity contribution is 7.98. The van der Waals surface area contributed by atoms with Gasteiger partial charge in [0.15, 0.2) is 0 Å². The van der Waals surface area contributed by atoms with Gasteiger partial charge in [-0.2, -0.15) is 11.8 Å². The Kier molecular flexibility index (Phi) is 7.82. The number of aromatic amines is 1. The molecule has 0 aliphatic carbocycles. The van der Waals surface area contributed by atoms with Gasteiger partial charge < -0.3 is 15.6 Å². The zero-order valence-corrected chi connectivity index (χ0v) is 17.1. The van der Waals surface area contributed by atoms with E-state index in [-0.39, 0.29) is 11.4 Å². The molecule has 1 aromatic carbocycles. The topological polar surface area (TPSA) is 86.9 Å². The van der Waals surface area contributed by atoms with Crippen LogP contribution in [0.25, 0.3) is 0 Å². The van der Waals surface area contributed by atoms with Gasteiger partial charge in [-0.25, -0.2) is 13.4 Å². The Morgan fingerprint density at radius 2 is 2.04 bits per heavy atom. The molecule has 1 heterocycles. The van der Waals surface area contributed by atoms with Crippen LogP contribution < -0.4 is 10.6 Å². The van der Waals surface area contributed by atoms with Crippen LogP contribution in [0.2, 0.25) is 0 Å². The van der Waals surface area contributed by atoms with E-state index >= 15 is 0 Å². The van der Waals surface area contributed by atoms with Gasteiger partial charge in [-0.05, 0) is 26.0 Å². The van der Waals surface area contributed by atoms with E-state index in [1.54, 1.807) is 42.4 Å². The summed E-state index contributed by atoms with van der Waals surface area (Å²) >= 11 is 1.73. The van der Waals surface area contributed by atoms with E-state index in [4.69, 9.17) is 6.42 Å². The number of H-pyrrole nitrogens is 1. The fourth-order valence-electron chi connectivity index (χ4n) is 2.21. The third-order valence-corrected chi connectivity index (χ3v) is 6.21. The Hall–Kier alpha value is -2.37. The summed E-state index contributed by atoms with van der Waals surface area (Å²) in [7, 11) is -3.57. The van der Waals surface area contributed by atoms with Crippen LogP contribution in [0.3, 0.4) is 0 Å². The summed E-state index contributed by atoms with van der Waals surface area (Å²) in [6, 6.07) is 6.75. The molecule has 0 atom stereocenters. The molecule has 2 rings (SSSR count). The largest absolute Gasteiger partial charge is 0.370 e. The SMILES string of the molecule is C#CCN/C(=C/S(=O)(=O)c1ccc(C)cc1)NCCSCc1[nH]cnc1C. The molecule has 2 aromatic rings. The second-order valence-electron chi connectivity index (χ2n) is 5.89. The Morgan fingerprint density at radius 3 is 2.67 bits per heavy atom. The number of thioether (sulfide) groups is 1. The fourth-order valence-corrected chi connectivity index (χ4v) is 4.23. The molecular formula is C19H24N4O2S2. The highest BCUT2D eigenvalue weighted by Gasteiger charge is 2.12. The van der Waals surface area contributed by atoms with Crippen molar-refractivity contribution in [1.82, 2.24) is 20.6 Å². The third kappa shape index (κ3) is 6.70. The lowest BCUT2D eigenvalue weighted by Crippen LogP contribution is -2.29. The molecule has 0 saturated carbocycles. The summed E-state index contributed by atoms with van der Waals surface area (Å²) in [5.41, 5.74) is 3.10. The molecule has 0 spiro atoms. The lowest BCUT2D eigenvalue weighted by atomic mass is 10.2. The second kappa shape index (κ2) is 10.1. The molecule has 0 fully saturated rings. The van der Waals surface area contributed by atoms with Gasteiger partial charge in [0.2, 0.25) is 9.84 Å². The molecule has 8 heteroatoms. The van der Waals surface area contributed by atoms with E-state index in [0.717, 1.165) is 28.5 Å². The number of nitrogens with one attached hydrogen (secondary N) is 3. The first-order chi connectivity index (χ1) is 12.9. The summed E-state index contributed by atoms with van der Waals surface area (Å²) < 4.78 is 25.1. The van der Waals surface area contributed by atoms with Gasteiger partial charge in [0.05, 0.1) is 28.9 Å². The quantitative estimate of drug-likeness (QED) is 0.416. The molecule has 0 unspecified atom stereocenters. The van der Waals surface area contributed by atoms with Crippen molar-refractivity contribution in [3.8, 4) is 12.3 Å². The van der Waals surface area contributed by atoms with Crippen molar-refractivity contribution in [2.75, 3.05) is 18.8 Å². The van der Waals surface area contributed by atoms with Crippen LogP contribution in [0.1, 0.15) is 17.0 Å². The summed E-state index contributed by atoms with van der Waals surface area (Å²) in [5, 5.41) is 7.24. The molecule has 0 aliphatic heterocycles. The highest BCUT2D eigenvalue weighted by Crippen LogP contribution is 2.14.